The SMILES string of the molecule is CCOC(=O)C1=C(N)S[C@H]2CCCC[C@@H]12. The quantitative estimate of drug-likeness (QED) is 0.733. The van der Waals surface area contributed by atoms with Crippen molar-refractivity contribution >= 4 is 17.7 Å². The van der Waals surface area contributed by atoms with Gasteiger partial charge in [0.15, 0.2) is 0 Å². The van der Waals surface area contributed by atoms with Gasteiger partial charge in [-0.25, -0.2) is 4.79 Å². The molecule has 1 aliphatic heterocycles. The summed E-state index contributed by atoms with van der Waals surface area (Å²) < 4.78 is 5.06. The number of ether oxygens (including phenoxy) is 1. The van der Waals surface area contributed by atoms with E-state index in [1.54, 1.807) is 11.8 Å². The van der Waals surface area contributed by atoms with Crippen LogP contribution in [0.4, 0.5) is 0 Å². The van der Waals surface area contributed by atoms with Gasteiger partial charge in [-0.2, -0.15) is 0 Å². The van der Waals surface area contributed by atoms with Gasteiger partial charge in [-0.15, -0.1) is 11.8 Å². The molecule has 0 spiro atoms. The smallest absolute Gasteiger partial charge is 0.336 e. The lowest BCUT2D eigenvalue weighted by molar-refractivity contribution is -0.139. The topological polar surface area (TPSA) is 52.3 Å². The zero-order chi connectivity index (χ0) is 10.8. The van der Waals surface area contributed by atoms with Crippen molar-refractivity contribution in [1.29, 1.82) is 0 Å². The molecule has 0 bridgehead atoms. The van der Waals surface area contributed by atoms with Crippen LogP contribution in [-0.2, 0) is 9.53 Å². The molecular formula is C11H17NO2S. The molecule has 2 atom stereocenters. The number of rotatable bonds is 2. The highest BCUT2D eigenvalue weighted by atomic mass is 32.2. The molecule has 0 aromatic heterocycles. The molecule has 15 heavy (non-hydrogen) atoms. The second-order valence-corrected chi connectivity index (χ2v) is 5.33. The molecule has 1 heterocycles. The zero-order valence-electron chi connectivity index (χ0n) is 8.99. The van der Waals surface area contributed by atoms with Crippen LogP contribution in [0.2, 0.25) is 0 Å². The molecule has 0 aromatic rings. The predicted octanol–water partition coefficient (Wildman–Crippen LogP) is 2.03. The van der Waals surface area contributed by atoms with E-state index in [4.69, 9.17) is 10.5 Å². The van der Waals surface area contributed by atoms with Crippen LogP contribution in [0.25, 0.3) is 0 Å². The van der Waals surface area contributed by atoms with Crippen molar-refractivity contribution in [1.82, 2.24) is 0 Å². The van der Waals surface area contributed by atoms with Crippen LogP contribution in [0.1, 0.15) is 32.6 Å². The number of hydrogen-bond donors (Lipinski definition) is 1. The number of esters is 1. The highest BCUT2D eigenvalue weighted by Gasteiger charge is 2.40. The van der Waals surface area contributed by atoms with Gasteiger partial charge in [0.2, 0.25) is 0 Å². The second-order valence-electron chi connectivity index (χ2n) is 4.05. The molecule has 1 aliphatic carbocycles. The van der Waals surface area contributed by atoms with E-state index in [0.717, 1.165) is 12.0 Å². The van der Waals surface area contributed by atoms with Crippen LogP contribution in [-0.4, -0.2) is 17.8 Å². The van der Waals surface area contributed by atoms with Crippen LogP contribution in [0.5, 0.6) is 0 Å². The van der Waals surface area contributed by atoms with Gasteiger partial charge in [-0.1, -0.05) is 12.8 Å². The van der Waals surface area contributed by atoms with E-state index in [0.29, 0.717) is 22.8 Å². The molecule has 3 nitrogen and oxygen atoms in total. The molecule has 1 fully saturated rings. The maximum atomic E-state index is 11.7. The lowest BCUT2D eigenvalue weighted by Gasteiger charge is -2.25. The summed E-state index contributed by atoms with van der Waals surface area (Å²) in [5, 5.41) is 1.23. The Morgan fingerprint density at radius 3 is 3.00 bits per heavy atom. The van der Waals surface area contributed by atoms with E-state index in [1.807, 2.05) is 6.92 Å². The number of carbonyl (C=O) groups excluding carboxylic acids is 1. The molecule has 2 aliphatic rings. The maximum absolute atomic E-state index is 11.7. The third-order valence-corrected chi connectivity index (χ3v) is 4.45. The minimum atomic E-state index is -0.197. The molecule has 0 aromatic carbocycles. The summed E-state index contributed by atoms with van der Waals surface area (Å²) in [4.78, 5) is 11.7. The normalized spacial score (nSPS) is 30.2. The van der Waals surface area contributed by atoms with E-state index in [1.165, 1.54) is 19.3 Å². The van der Waals surface area contributed by atoms with Crippen molar-refractivity contribution in [2.75, 3.05) is 6.61 Å². The standard InChI is InChI=1S/C11H17NO2S/c1-2-14-11(13)9-7-5-3-4-6-8(7)15-10(9)12/h7-8H,2-6,12H2,1H3/t7-,8+/m1/s1. The van der Waals surface area contributed by atoms with E-state index in [2.05, 4.69) is 0 Å². The minimum absolute atomic E-state index is 0.197. The Bertz CT molecular complexity index is 301. The van der Waals surface area contributed by atoms with E-state index in [-0.39, 0.29) is 5.97 Å². The fraction of sp³-hybridized carbons (Fsp3) is 0.727. The molecule has 4 heteroatoms. The molecule has 0 unspecified atom stereocenters. The third kappa shape index (κ3) is 2.00. The Kier molecular flexibility index (Phi) is 3.24. The van der Waals surface area contributed by atoms with Gasteiger partial charge in [0, 0.05) is 11.2 Å². The summed E-state index contributed by atoms with van der Waals surface area (Å²) in [7, 11) is 0. The van der Waals surface area contributed by atoms with Gasteiger partial charge >= 0.3 is 5.97 Å². The van der Waals surface area contributed by atoms with Gasteiger partial charge in [0.25, 0.3) is 0 Å². The fourth-order valence-corrected chi connectivity index (χ4v) is 3.85. The van der Waals surface area contributed by atoms with Crippen molar-refractivity contribution in [3.05, 3.63) is 10.6 Å². The van der Waals surface area contributed by atoms with Gasteiger partial charge in [0.1, 0.15) is 0 Å². The van der Waals surface area contributed by atoms with Crippen LogP contribution in [0, 0.1) is 5.92 Å². The number of thioether (sulfide) groups is 1. The lowest BCUT2D eigenvalue weighted by atomic mass is 9.84. The molecule has 2 N–H and O–H groups in total. The van der Waals surface area contributed by atoms with Crippen molar-refractivity contribution in [2.45, 2.75) is 37.9 Å². The summed E-state index contributed by atoms with van der Waals surface area (Å²) in [5.74, 6) is 0.152. The first-order valence-electron chi connectivity index (χ1n) is 5.57. The van der Waals surface area contributed by atoms with Gasteiger partial charge < -0.3 is 10.5 Å². The first-order valence-corrected chi connectivity index (χ1v) is 6.45. The number of fused-ring (bicyclic) bond motifs is 1. The summed E-state index contributed by atoms with van der Waals surface area (Å²) in [6.45, 7) is 2.26. The van der Waals surface area contributed by atoms with Gasteiger partial charge in [-0.05, 0) is 19.8 Å². The minimum Gasteiger partial charge on any atom is -0.463 e. The molecular weight excluding hydrogens is 210 g/mol. The van der Waals surface area contributed by atoms with Gasteiger partial charge in [0.05, 0.1) is 17.2 Å². The van der Waals surface area contributed by atoms with Crippen LogP contribution < -0.4 is 5.73 Å². The van der Waals surface area contributed by atoms with Crippen LogP contribution >= 0.6 is 11.8 Å². The summed E-state index contributed by atoms with van der Waals surface area (Å²) in [6.07, 6.45) is 4.74. The molecule has 0 radical (unpaired) electrons. The first kappa shape index (κ1) is 10.9. The Hall–Kier alpha value is -0.640. The number of hydrogen-bond acceptors (Lipinski definition) is 4. The van der Waals surface area contributed by atoms with E-state index < -0.39 is 0 Å². The molecule has 84 valence electrons. The second kappa shape index (κ2) is 4.47. The van der Waals surface area contributed by atoms with Crippen molar-refractivity contribution in [3.8, 4) is 0 Å². The van der Waals surface area contributed by atoms with Gasteiger partial charge in [-0.3, -0.25) is 0 Å². The van der Waals surface area contributed by atoms with Crippen molar-refractivity contribution in [2.24, 2.45) is 11.7 Å². The summed E-state index contributed by atoms with van der Waals surface area (Å²) in [6, 6.07) is 0. The predicted molar refractivity (Wildman–Crippen MR) is 61.2 cm³/mol. The highest BCUT2D eigenvalue weighted by Crippen LogP contribution is 2.47. The largest absolute Gasteiger partial charge is 0.463 e. The molecule has 2 rings (SSSR count). The van der Waals surface area contributed by atoms with Crippen LogP contribution in [0.3, 0.4) is 0 Å². The molecule has 1 saturated carbocycles. The third-order valence-electron chi connectivity index (χ3n) is 3.11. The average molecular weight is 227 g/mol. The van der Waals surface area contributed by atoms with Crippen molar-refractivity contribution in [3.63, 3.8) is 0 Å². The number of nitrogens with two attached hydrogens (primary N) is 1. The monoisotopic (exact) mass is 227 g/mol. The Balaban J connectivity index is 2.14. The average Bonchev–Trinajstić information content (AvgIpc) is 2.54. The Labute approximate surface area is 94.4 Å². The van der Waals surface area contributed by atoms with E-state index >= 15 is 0 Å². The summed E-state index contributed by atoms with van der Waals surface area (Å²) in [5.41, 5.74) is 6.67. The zero-order valence-corrected chi connectivity index (χ0v) is 9.81. The Morgan fingerprint density at radius 1 is 1.53 bits per heavy atom. The molecule has 0 amide bonds. The van der Waals surface area contributed by atoms with E-state index in [9.17, 15) is 4.79 Å². The lowest BCUT2D eigenvalue weighted by Crippen LogP contribution is -2.24. The first-order chi connectivity index (χ1) is 7.24. The highest BCUT2D eigenvalue weighted by molar-refractivity contribution is 8.03. The van der Waals surface area contributed by atoms with Crippen LogP contribution in [0.15, 0.2) is 10.6 Å². The number of carbonyl (C=O) groups is 1. The molecule has 0 saturated heterocycles. The Morgan fingerprint density at radius 2 is 2.27 bits per heavy atom. The maximum Gasteiger partial charge on any atom is 0.336 e. The fourth-order valence-electron chi connectivity index (χ4n) is 2.44. The summed E-state index contributed by atoms with van der Waals surface area (Å²) >= 11 is 1.67. The van der Waals surface area contributed by atoms with Crippen molar-refractivity contribution < 1.29 is 9.53 Å².